The third-order valence-electron chi connectivity index (χ3n) is 4.59. The van der Waals surface area contributed by atoms with Crippen LogP contribution in [0.25, 0.3) is 0 Å². The number of hydrogen-bond acceptors (Lipinski definition) is 1. The molecule has 0 aliphatic heterocycles. The van der Waals surface area contributed by atoms with Crippen molar-refractivity contribution in [2.75, 3.05) is 0 Å². The Balaban J connectivity index is 1.65. The minimum absolute atomic E-state index is 0.402. The van der Waals surface area contributed by atoms with Crippen molar-refractivity contribution in [3.05, 3.63) is 34.9 Å². The van der Waals surface area contributed by atoms with Crippen molar-refractivity contribution in [1.29, 1.82) is 0 Å². The third kappa shape index (κ3) is 2.40. The van der Waals surface area contributed by atoms with Crippen molar-refractivity contribution < 1.29 is 0 Å². The zero-order chi connectivity index (χ0) is 11.7. The van der Waals surface area contributed by atoms with Crippen LogP contribution < -0.4 is 5.32 Å². The highest BCUT2D eigenvalue weighted by molar-refractivity contribution is 5.35. The van der Waals surface area contributed by atoms with E-state index in [1.165, 1.54) is 50.5 Å². The van der Waals surface area contributed by atoms with E-state index in [4.69, 9.17) is 0 Å². The van der Waals surface area contributed by atoms with Gasteiger partial charge in [0.1, 0.15) is 0 Å². The normalized spacial score (nSPS) is 21.7. The highest BCUT2D eigenvalue weighted by atomic mass is 15.0. The Kier molecular flexibility index (Phi) is 2.96. The maximum Gasteiger partial charge on any atom is 0.0210 e. The van der Waals surface area contributed by atoms with E-state index < -0.39 is 0 Å². The first-order valence-electron chi connectivity index (χ1n) is 7.11. The van der Waals surface area contributed by atoms with E-state index in [1.54, 1.807) is 11.1 Å². The molecule has 0 spiro atoms. The van der Waals surface area contributed by atoms with Crippen molar-refractivity contribution in [2.45, 2.75) is 64.0 Å². The van der Waals surface area contributed by atoms with Gasteiger partial charge in [-0.25, -0.2) is 0 Å². The Morgan fingerprint density at radius 1 is 1.06 bits per heavy atom. The summed E-state index contributed by atoms with van der Waals surface area (Å²) in [6.45, 7) is 3.43. The van der Waals surface area contributed by atoms with E-state index in [1.807, 2.05) is 0 Å². The number of aryl methyl sites for hydroxylation is 2. The molecule has 0 bridgehead atoms. The van der Waals surface area contributed by atoms with Crippen LogP contribution in [0, 0.1) is 0 Å². The van der Waals surface area contributed by atoms with Gasteiger partial charge in [-0.3, -0.25) is 0 Å². The lowest BCUT2D eigenvalue weighted by Crippen LogP contribution is -2.38. The van der Waals surface area contributed by atoms with Gasteiger partial charge >= 0.3 is 0 Å². The van der Waals surface area contributed by atoms with Crippen molar-refractivity contribution in [3.63, 3.8) is 0 Å². The minimum Gasteiger partial charge on any atom is -0.307 e. The number of nitrogens with one attached hydrogen (secondary N) is 1. The van der Waals surface area contributed by atoms with Crippen LogP contribution >= 0.6 is 0 Å². The highest BCUT2D eigenvalue weighted by Crippen LogP contribution is 2.29. The summed E-state index contributed by atoms with van der Waals surface area (Å²) in [5, 5.41) is 3.77. The Hall–Kier alpha value is -0.820. The van der Waals surface area contributed by atoms with Crippen LogP contribution in [0.15, 0.2) is 18.2 Å². The molecule has 1 aromatic carbocycles. The number of benzene rings is 1. The quantitative estimate of drug-likeness (QED) is 0.835. The molecule has 2 aliphatic rings. The Labute approximate surface area is 105 Å². The summed E-state index contributed by atoms with van der Waals surface area (Å²) < 4.78 is 0. The van der Waals surface area contributed by atoms with Gasteiger partial charge in [-0.05, 0) is 55.7 Å². The van der Waals surface area contributed by atoms with Crippen molar-refractivity contribution >= 4 is 0 Å². The molecule has 92 valence electrons. The van der Waals surface area contributed by atoms with E-state index in [2.05, 4.69) is 30.4 Å². The maximum absolute atomic E-state index is 3.77. The lowest BCUT2D eigenvalue weighted by atomic mass is 9.99. The first-order chi connectivity index (χ1) is 8.25. The van der Waals surface area contributed by atoms with Crippen LogP contribution in [0.1, 0.15) is 55.7 Å². The van der Waals surface area contributed by atoms with Crippen LogP contribution in [0.5, 0.6) is 0 Å². The summed E-state index contributed by atoms with van der Waals surface area (Å²) >= 11 is 0. The van der Waals surface area contributed by atoms with Gasteiger partial charge in [0.05, 0.1) is 0 Å². The number of hydrogen-bond donors (Lipinski definition) is 1. The van der Waals surface area contributed by atoms with E-state index in [0.717, 1.165) is 6.54 Å². The Morgan fingerprint density at radius 2 is 1.82 bits per heavy atom. The smallest absolute Gasteiger partial charge is 0.0210 e. The summed E-state index contributed by atoms with van der Waals surface area (Å²) in [4.78, 5) is 0. The van der Waals surface area contributed by atoms with Gasteiger partial charge < -0.3 is 5.32 Å². The van der Waals surface area contributed by atoms with Gasteiger partial charge in [-0.1, -0.05) is 31.0 Å². The molecule has 0 radical (unpaired) electrons. The molecule has 0 unspecified atom stereocenters. The predicted octanol–water partition coefficient (Wildman–Crippen LogP) is 3.60. The number of rotatable bonds is 3. The molecule has 2 aliphatic carbocycles. The maximum atomic E-state index is 3.77. The third-order valence-corrected chi connectivity index (χ3v) is 4.59. The summed E-state index contributed by atoms with van der Waals surface area (Å²) in [5.74, 6) is 0. The van der Waals surface area contributed by atoms with Gasteiger partial charge in [0.2, 0.25) is 0 Å². The highest BCUT2D eigenvalue weighted by Gasteiger charge is 2.27. The molecule has 1 aromatic rings. The number of fused-ring (bicyclic) bond motifs is 1. The first kappa shape index (κ1) is 11.3. The summed E-state index contributed by atoms with van der Waals surface area (Å²) in [6.07, 6.45) is 9.42. The molecule has 1 saturated carbocycles. The van der Waals surface area contributed by atoms with Crippen LogP contribution in [-0.4, -0.2) is 5.54 Å². The second-order valence-corrected chi connectivity index (χ2v) is 6.08. The van der Waals surface area contributed by atoms with Gasteiger partial charge in [-0.15, -0.1) is 0 Å². The molecule has 0 amide bonds. The van der Waals surface area contributed by atoms with Crippen LogP contribution in [0.2, 0.25) is 0 Å². The summed E-state index contributed by atoms with van der Waals surface area (Å²) in [7, 11) is 0. The summed E-state index contributed by atoms with van der Waals surface area (Å²) in [6, 6.07) is 7.08. The molecular formula is C16H23N. The molecule has 1 fully saturated rings. The van der Waals surface area contributed by atoms with Crippen LogP contribution in [-0.2, 0) is 19.4 Å². The average Bonchev–Trinajstić information content (AvgIpc) is 2.95. The van der Waals surface area contributed by atoms with Crippen molar-refractivity contribution in [3.8, 4) is 0 Å². The first-order valence-corrected chi connectivity index (χ1v) is 7.11. The van der Waals surface area contributed by atoms with E-state index in [-0.39, 0.29) is 0 Å². The average molecular weight is 229 g/mol. The monoisotopic (exact) mass is 229 g/mol. The Bertz CT molecular complexity index is 402. The SMILES string of the molecule is CC1(NCc2ccc3c(c2)CCC3)CCCC1. The minimum atomic E-state index is 0.402. The molecule has 1 nitrogen and oxygen atoms in total. The fourth-order valence-corrected chi connectivity index (χ4v) is 3.38. The fourth-order valence-electron chi connectivity index (χ4n) is 3.38. The topological polar surface area (TPSA) is 12.0 Å². The fraction of sp³-hybridized carbons (Fsp3) is 0.625. The lowest BCUT2D eigenvalue weighted by Gasteiger charge is -2.25. The molecule has 1 heteroatoms. The second-order valence-electron chi connectivity index (χ2n) is 6.08. The van der Waals surface area contributed by atoms with Gasteiger partial charge in [0, 0.05) is 12.1 Å². The molecule has 1 N–H and O–H groups in total. The summed E-state index contributed by atoms with van der Waals surface area (Å²) in [5.41, 5.74) is 5.06. The second kappa shape index (κ2) is 4.45. The standard InChI is InChI=1S/C16H23N/c1-16(9-2-3-10-16)17-12-13-7-8-14-5-4-6-15(14)11-13/h7-8,11,17H,2-6,9-10,12H2,1H3. The molecule has 0 saturated heterocycles. The van der Waals surface area contributed by atoms with Gasteiger partial charge in [-0.2, -0.15) is 0 Å². The zero-order valence-corrected chi connectivity index (χ0v) is 10.9. The molecule has 17 heavy (non-hydrogen) atoms. The molecule has 0 aromatic heterocycles. The van der Waals surface area contributed by atoms with Gasteiger partial charge in [0.15, 0.2) is 0 Å². The molecule has 0 atom stereocenters. The lowest BCUT2D eigenvalue weighted by molar-refractivity contribution is 0.362. The zero-order valence-electron chi connectivity index (χ0n) is 10.9. The van der Waals surface area contributed by atoms with Gasteiger partial charge in [0.25, 0.3) is 0 Å². The van der Waals surface area contributed by atoms with Crippen LogP contribution in [0.4, 0.5) is 0 Å². The van der Waals surface area contributed by atoms with E-state index in [9.17, 15) is 0 Å². The Morgan fingerprint density at radius 3 is 2.65 bits per heavy atom. The largest absolute Gasteiger partial charge is 0.307 e. The van der Waals surface area contributed by atoms with Crippen LogP contribution in [0.3, 0.4) is 0 Å². The molecular weight excluding hydrogens is 206 g/mol. The van der Waals surface area contributed by atoms with Crippen molar-refractivity contribution in [1.82, 2.24) is 5.32 Å². The van der Waals surface area contributed by atoms with E-state index in [0.29, 0.717) is 5.54 Å². The predicted molar refractivity (Wildman–Crippen MR) is 72.2 cm³/mol. The molecule has 3 rings (SSSR count). The van der Waals surface area contributed by atoms with E-state index >= 15 is 0 Å². The van der Waals surface area contributed by atoms with Crippen molar-refractivity contribution in [2.24, 2.45) is 0 Å². The molecule has 0 heterocycles.